The number of nitrogens with zero attached hydrogens (tertiary/aromatic N) is 3. The number of morpholine rings is 1. The summed E-state index contributed by atoms with van der Waals surface area (Å²) in [7, 11) is -3.76. The summed E-state index contributed by atoms with van der Waals surface area (Å²) in [6.45, 7) is 2.49. The van der Waals surface area contributed by atoms with Gasteiger partial charge in [-0.15, -0.1) is 0 Å². The van der Waals surface area contributed by atoms with E-state index in [0.717, 1.165) is 11.3 Å². The van der Waals surface area contributed by atoms with Gasteiger partial charge in [0.15, 0.2) is 0 Å². The van der Waals surface area contributed by atoms with Gasteiger partial charge in [-0.25, -0.2) is 13.1 Å². The zero-order chi connectivity index (χ0) is 21.8. The Balaban J connectivity index is 1.48. The van der Waals surface area contributed by atoms with Gasteiger partial charge in [0.2, 0.25) is 15.9 Å². The van der Waals surface area contributed by atoms with E-state index >= 15 is 0 Å². The molecule has 0 bridgehead atoms. The molecule has 0 atom stereocenters. The van der Waals surface area contributed by atoms with Gasteiger partial charge >= 0.3 is 4.87 Å². The SMILES string of the molecule is O=C(CCn1c(=O)sc2cc(S(=O)(=O)NCc3ccccn3)ccc21)N1CCOCC1. The first-order valence-electron chi connectivity index (χ1n) is 9.82. The molecule has 0 radical (unpaired) electrons. The Kier molecular flexibility index (Phi) is 6.46. The van der Waals surface area contributed by atoms with Gasteiger partial charge < -0.3 is 9.64 Å². The monoisotopic (exact) mass is 462 g/mol. The Morgan fingerprint density at radius 2 is 2.00 bits per heavy atom. The van der Waals surface area contributed by atoms with Crippen molar-refractivity contribution in [1.82, 2.24) is 19.2 Å². The lowest BCUT2D eigenvalue weighted by Gasteiger charge is -2.26. The topological polar surface area (TPSA) is 111 Å². The highest BCUT2D eigenvalue weighted by atomic mass is 32.2. The minimum Gasteiger partial charge on any atom is -0.378 e. The number of hydrogen-bond donors (Lipinski definition) is 1. The third kappa shape index (κ3) is 5.01. The standard InChI is InChI=1S/C20H22N4O5S2/c25-19(23-9-11-29-12-10-23)6-8-24-17-5-4-16(13-18(17)30-20(24)26)31(27,28)22-14-15-3-1-2-7-21-15/h1-5,7,13,22H,6,8-12,14H2. The first kappa shape index (κ1) is 21.6. The summed E-state index contributed by atoms with van der Waals surface area (Å²) in [6, 6.07) is 9.84. The third-order valence-electron chi connectivity index (χ3n) is 5.03. The summed E-state index contributed by atoms with van der Waals surface area (Å²) in [5, 5.41) is 0. The van der Waals surface area contributed by atoms with Crippen molar-refractivity contribution >= 4 is 37.5 Å². The highest BCUT2D eigenvalue weighted by molar-refractivity contribution is 7.89. The number of fused-ring (bicyclic) bond motifs is 1. The molecule has 0 saturated carbocycles. The van der Waals surface area contributed by atoms with E-state index in [1.165, 1.54) is 16.7 Å². The fraction of sp³-hybridized carbons (Fsp3) is 0.350. The molecule has 1 N–H and O–H groups in total. The lowest BCUT2D eigenvalue weighted by atomic mass is 10.3. The summed E-state index contributed by atoms with van der Waals surface area (Å²) in [4.78, 5) is 30.5. The van der Waals surface area contributed by atoms with Crippen LogP contribution in [-0.2, 0) is 32.6 Å². The fourth-order valence-electron chi connectivity index (χ4n) is 3.36. The van der Waals surface area contributed by atoms with Gasteiger partial charge in [0.1, 0.15) is 0 Å². The van der Waals surface area contributed by atoms with E-state index in [-0.39, 0.29) is 35.2 Å². The van der Waals surface area contributed by atoms with Crippen molar-refractivity contribution in [3.63, 3.8) is 0 Å². The number of amides is 1. The van der Waals surface area contributed by atoms with Gasteiger partial charge in [-0.1, -0.05) is 17.4 Å². The van der Waals surface area contributed by atoms with Crippen LogP contribution in [0.3, 0.4) is 0 Å². The fourth-order valence-corrected chi connectivity index (χ4v) is 5.41. The van der Waals surface area contributed by atoms with E-state index in [2.05, 4.69) is 9.71 Å². The summed E-state index contributed by atoms with van der Waals surface area (Å²) >= 11 is 0.969. The molecule has 4 rings (SSSR count). The molecule has 1 saturated heterocycles. The van der Waals surface area contributed by atoms with Gasteiger partial charge in [0.05, 0.1) is 40.6 Å². The van der Waals surface area contributed by atoms with E-state index in [9.17, 15) is 18.0 Å². The van der Waals surface area contributed by atoms with Gasteiger partial charge in [-0.3, -0.25) is 19.1 Å². The zero-order valence-electron chi connectivity index (χ0n) is 16.7. The van der Waals surface area contributed by atoms with E-state index in [1.807, 2.05) is 0 Å². The molecule has 1 amide bonds. The predicted molar refractivity (Wildman–Crippen MR) is 116 cm³/mol. The lowest BCUT2D eigenvalue weighted by molar-refractivity contribution is -0.135. The van der Waals surface area contributed by atoms with Crippen molar-refractivity contribution < 1.29 is 17.9 Å². The zero-order valence-corrected chi connectivity index (χ0v) is 18.3. The van der Waals surface area contributed by atoms with Crippen LogP contribution in [-0.4, -0.2) is 55.1 Å². The lowest BCUT2D eigenvalue weighted by Crippen LogP contribution is -2.41. The molecule has 3 aromatic rings. The average molecular weight is 463 g/mol. The molecule has 0 spiro atoms. The second-order valence-corrected chi connectivity index (χ2v) is 9.80. The number of benzene rings is 1. The highest BCUT2D eigenvalue weighted by Crippen LogP contribution is 2.22. The molecule has 11 heteroatoms. The molecule has 0 aliphatic carbocycles. The summed E-state index contributed by atoms with van der Waals surface area (Å²) < 4.78 is 35.2. The average Bonchev–Trinajstić information content (AvgIpc) is 3.11. The maximum absolute atomic E-state index is 12.7. The molecule has 2 aromatic heterocycles. The molecule has 1 fully saturated rings. The number of thiazole rings is 1. The van der Waals surface area contributed by atoms with E-state index in [4.69, 9.17) is 4.74 Å². The molecule has 31 heavy (non-hydrogen) atoms. The van der Waals surface area contributed by atoms with Crippen molar-refractivity contribution in [3.8, 4) is 0 Å². The van der Waals surface area contributed by atoms with Crippen LogP contribution in [0, 0.1) is 0 Å². The minimum absolute atomic E-state index is 0.0209. The van der Waals surface area contributed by atoms with Gasteiger partial charge in [0, 0.05) is 32.3 Å². The number of pyridine rings is 1. The number of sulfonamides is 1. The molecule has 1 aliphatic heterocycles. The number of rotatable bonds is 7. The molecule has 3 heterocycles. The number of ether oxygens (including phenoxy) is 1. The second kappa shape index (κ2) is 9.27. The van der Waals surface area contributed by atoms with Crippen LogP contribution in [0.25, 0.3) is 10.2 Å². The summed E-state index contributed by atoms with van der Waals surface area (Å²) in [6.07, 6.45) is 1.80. The first-order chi connectivity index (χ1) is 14.9. The maximum atomic E-state index is 12.7. The predicted octanol–water partition coefficient (Wildman–Crippen LogP) is 1.19. The quantitative estimate of drug-likeness (QED) is 0.565. The highest BCUT2D eigenvalue weighted by Gasteiger charge is 2.19. The van der Waals surface area contributed by atoms with Crippen molar-refractivity contribution in [3.05, 3.63) is 58.0 Å². The Bertz CT molecular complexity index is 1230. The van der Waals surface area contributed by atoms with Gasteiger partial charge in [-0.2, -0.15) is 0 Å². The van der Waals surface area contributed by atoms with E-state index in [0.29, 0.717) is 42.2 Å². The number of carbonyl (C=O) groups is 1. The number of hydrogen-bond acceptors (Lipinski definition) is 7. The Labute approximate surface area is 183 Å². The van der Waals surface area contributed by atoms with Crippen molar-refractivity contribution in [2.75, 3.05) is 26.3 Å². The Morgan fingerprint density at radius 3 is 2.74 bits per heavy atom. The van der Waals surface area contributed by atoms with Crippen LogP contribution in [0.5, 0.6) is 0 Å². The number of carbonyl (C=O) groups excluding carboxylic acids is 1. The van der Waals surface area contributed by atoms with Gasteiger partial charge in [-0.05, 0) is 30.3 Å². The molecule has 9 nitrogen and oxygen atoms in total. The minimum atomic E-state index is -3.76. The molecule has 164 valence electrons. The largest absolute Gasteiger partial charge is 0.378 e. The van der Waals surface area contributed by atoms with Crippen molar-refractivity contribution in [2.24, 2.45) is 0 Å². The van der Waals surface area contributed by atoms with Crippen LogP contribution in [0.1, 0.15) is 12.1 Å². The first-order valence-corrected chi connectivity index (χ1v) is 12.1. The summed E-state index contributed by atoms with van der Waals surface area (Å²) in [5.41, 5.74) is 1.22. The van der Waals surface area contributed by atoms with E-state index < -0.39 is 10.0 Å². The Hall–Kier alpha value is -2.60. The smallest absolute Gasteiger partial charge is 0.308 e. The third-order valence-corrected chi connectivity index (χ3v) is 7.37. The number of nitrogens with one attached hydrogen (secondary N) is 1. The number of aromatic nitrogens is 2. The number of aryl methyl sites for hydroxylation is 1. The molecular formula is C20H22N4O5S2. The van der Waals surface area contributed by atoms with E-state index in [1.54, 1.807) is 35.4 Å². The van der Waals surface area contributed by atoms with Crippen LogP contribution in [0.2, 0.25) is 0 Å². The van der Waals surface area contributed by atoms with Crippen LogP contribution in [0.15, 0.2) is 52.3 Å². The van der Waals surface area contributed by atoms with Crippen molar-refractivity contribution in [2.45, 2.75) is 24.4 Å². The van der Waals surface area contributed by atoms with Crippen LogP contribution >= 0.6 is 11.3 Å². The van der Waals surface area contributed by atoms with Crippen LogP contribution < -0.4 is 9.60 Å². The Morgan fingerprint density at radius 1 is 1.19 bits per heavy atom. The summed E-state index contributed by atoms with van der Waals surface area (Å²) in [5.74, 6) is -0.0209. The molecule has 0 unspecified atom stereocenters. The maximum Gasteiger partial charge on any atom is 0.308 e. The second-order valence-electron chi connectivity index (χ2n) is 7.04. The van der Waals surface area contributed by atoms with Crippen LogP contribution in [0.4, 0.5) is 0 Å². The normalized spacial score (nSPS) is 14.8. The van der Waals surface area contributed by atoms with Gasteiger partial charge in [0.25, 0.3) is 0 Å². The molecular weight excluding hydrogens is 440 g/mol. The molecule has 1 aliphatic rings. The molecule has 1 aromatic carbocycles. The van der Waals surface area contributed by atoms with Crippen molar-refractivity contribution in [1.29, 1.82) is 0 Å².